The summed E-state index contributed by atoms with van der Waals surface area (Å²) in [4.78, 5) is 12.8. The lowest BCUT2D eigenvalue weighted by atomic mass is 9.86. The summed E-state index contributed by atoms with van der Waals surface area (Å²) in [5.41, 5.74) is 4.09. The minimum absolute atomic E-state index is 0.0487. The fourth-order valence-corrected chi connectivity index (χ4v) is 4.49. The topological polar surface area (TPSA) is 73.4 Å². The molecule has 3 aromatic rings. The van der Waals surface area contributed by atoms with E-state index in [0.29, 0.717) is 17.3 Å². The first-order valence-corrected chi connectivity index (χ1v) is 11.8. The van der Waals surface area contributed by atoms with Gasteiger partial charge >= 0.3 is 0 Å². The van der Waals surface area contributed by atoms with Crippen molar-refractivity contribution in [1.29, 1.82) is 0 Å². The van der Waals surface area contributed by atoms with Gasteiger partial charge in [-0.05, 0) is 86.1 Å². The molecule has 0 bridgehead atoms. The lowest BCUT2D eigenvalue weighted by molar-refractivity contribution is 0.102. The monoisotopic (exact) mass is 443 g/mol. The maximum Gasteiger partial charge on any atom is 0.255 e. The van der Waals surface area contributed by atoms with Gasteiger partial charge in [0.05, 0.1) is 5.69 Å². The number of phenols is 1. The first kappa shape index (κ1) is 23.0. The minimum atomic E-state index is -0.240. The van der Waals surface area contributed by atoms with E-state index in [-0.39, 0.29) is 11.7 Å². The van der Waals surface area contributed by atoms with Gasteiger partial charge in [-0.15, -0.1) is 0 Å². The zero-order chi connectivity index (χ0) is 23.0. The third-order valence-electron chi connectivity index (χ3n) is 6.59. The molecule has 5 heteroatoms. The summed E-state index contributed by atoms with van der Waals surface area (Å²) in [7, 11) is 2.05. The molecule has 0 aromatic heterocycles. The Morgan fingerprint density at radius 1 is 0.909 bits per heavy atom. The Morgan fingerprint density at radius 2 is 1.64 bits per heavy atom. The molecule has 0 radical (unpaired) electrons. The summed E-state index contributed by atoms with van der Waals surface area (Å²) in [6, 6.07) is 23.5. The number of carbonyl (C=O) groups is 1. The Morgan fingerprint density at radius 3 is 2.33 bits per heavy atom. The van der Waals surface area contributed by atoms with E-state index in [1.54, 1.807) is 12.1 Å². The number of rotatable bonds is 8. The van der Waals surface area contributed by atoms with Crippen LogP contribution in [0.2, 0.25) is 0 Å². The Balaban J connectivity index is 1.31. The molecule has 0 atom stereocenters. The smallest absolute Gasteiger partial charge is 0.255 e. The molecule has 4 rings (SSSR count). The van der Waals surface area contributed by atoms with E-state index in [9.17, 15) is 9.90 Å². The van der Waals surface area contributed by atoms with Gasteiger partial charge in [0.25, 0.3) is 5.91 Å². The van der Waals surface area contributed by atoms with E-state index in [0.717, 1.165) is 35.7 Å². The van der Waals surface area contributed by atoms with Crippen LogP contribution in [0, 0.1) is 5.92 Å². The molecule has 0 aliphatic heterocycles. The van der Waals surface area contributed by atoms with Crippen molar-refractivity contribution >= 4 is 11.6 Å². The lowest BCUT2D eigenvalue weighted by Gasteiger charge is -2.28. The number of benzene rings is 3. The fraction of sp³-hybridized carbons (Fsp3) is 0.321. The van der Waals surface area contributed by atoms with Crippen molar-refractivity contribution in [3.8, 4) is 16.9 Å². The van der Waals surface area contributed by atoms with Gasteiger partial charge < -0.3 is 21.1 Å². The number of hydrogen-bond donors (Lipinski definition) is 4. The Bertz CT molecular complexity index is 1040. The van der Waals surface area contributed by atoms with Gasteiger partial charge in [0.2, 0.25) is 0 Å². The first-order chi connectivity index (χ1) is 16.1. The average Bonchev–Trinajstić information content (AvgIpc) is 2.86. The zero-order valence-corrected chi connectivity index (χ0v) is 19.2. The van der Waals surface area contributed by atoms with Crippen LogP contribution in [-0.4, -0.2) is 30.6 Å². The van der Waals surface area contributed by atoms with Crippen LogP contribution in [0.3, 0.4) is 0 Å². The SMILES string of the molecule is CNC1CCC(CNCc2ccc(C(=O)Nc3cc(-c4ccccc4)ccc3O)cc2)CC1. The van der Waals surface area contributed by atoms with Crippen LogP contribution >= 0.6 is 0 Å². The van der Waals surface area contributed by atoms with Gasteiger partial charge in [0.15, 0.2) is 0 Å². The molecule has 4 N–H and O–H groups in total. The third kappa shape index (κ3) is 6.21. The van der Waals surface area contributed by atoms with Crippen molar-refractivity contribution in [2.45, 2.75) is 38.3 Å². The number of amides is 1. The summed E-state index contributed by atoms with van der Waals surface area (Å²) in [6.07, 6.45) is 5.07. The standard InChI is InChI=1S/C28H33N3O2/c1-29-25-14-9-21(10-15-25)19-30-18-20-7-11-23(12-8-20)28(33)31-26-17-24(13-16-27(26)32)22-5-3-2-4-6-22/h2-8,11-13,16-17,21,25,29-30,32H,9-10,14-15,18-19H2,1H3,(H,31,33). The second-order valence-electron chi connectivity index (χ2n) is 8.89. The molecule has 1 amide bonds. The van der Waals surface area contributed by atoms with Crippen LogP contribution in [0.4, 0.5) is 5.69 Å². The summed E-state index contributed by atoms with van der Waals surface area (Å²) < 4.78 is 0. The number of phenolic OH excluding ortho intramolecular Hbond substituents is 1. The predicted octanol–water partition coefficient (Wildman–Crippen LogP) is 5.18. The van der Waals surface area contributed by atoms with Gasteiger partial charge in [-0.25, -0.2) is 0 Å². The molecule has 0 saturated heterocycles. The van der Waals surface area contributed by atoms with E-state index >= 15 is 0 Å². The second-order valence-corrected chi connectivity index (χ2v) is 8.89. The highest BCUT2D eigenvalue weighted by Gasteiger charge is 2.19. The van der Waals surface area contributed by atoms with Crippen LogP contribution in [-0.2, 0) is 6.54 Å². The van der Waals surface area contributed by atoms with E-state index in [1.807, 2.05) is 60.7 Å². The molecule has 1 fully saturated rings. The number of anilines is 1. The summed E-state index contributed by atoms with van der Waals surface area (Å²) in [5, 5.41) is 20.0. The van der Waals surface area contributed by atoms with Gasteiger partial charge in [-0.2, -0.15) is 0 Å². The molecule has 1 saturated carbocycles. The van der Waals surface area contributed by atoms with Crippen LogP contribution in [0.1, 0.15) is 41.6 Å². The maximum absolute atomic E-state index is 12.8. The van der Waals surface area contributed by atoms with Crippen molar-refractivity contribution < 1.29 is 9.90 Å². The number of nitrogens with one attached hydrogen (secondary N) is 3. The second kappa shape index (κ2) is 11.1. The molecule has 0 heterocycles. The Hall–Kier alpha value is -3.15. The van der Waals surface area contributed by atoms with Crippen molar-refractivity contribution in [2.75, 3.05) is 18.9 Å². The fourth-order valence-electron chi connectivity index (χ4n) is 4.49. The van der Waals surface area contributed by atoms with Gasteiger partial charge in [0.1, 0.15) is 5.75 Å². The minimum Gasteiger partial charge on any atom is -0.506 e. The number of carbonyl (C=O) groups excluding carboxylic acids is 1. The molecule has 5 nitrogen and oxygen atoms in total. The Labute approximate surface area is 196 Å². The third-order valence-corrected chi connectivity index (χ3v) is 6.59. The van der Waals surface area contributed by atoms with Crippen LogP contribution < -0.4 is 16.0 Å². The number of hydrogen-bond acceptors (Lipinski definition) is 4. The number of aromatic hydroxyl groups is 1. The maximum atomic E-state index is 12.8. The van der Waals surface area contributed by atoms with Gasteiger partial charge in [-0.3, -0.25) is 4.79 Å². The normalized spacial score (nSPS) is 18.1. The highest BCUT2D eigenvalue weighted by Crippen LogP contribution is 2.30. The van der Waals surface area contributed by atoms with Crippen LogP contribution in [0.5, 0.6) is 5.75 Å². The first-order valence-electron chi connectivity index (χ1n) is 11.8. The molecular formula is C28H33N3O2. The molecule has 1 aliphatic carbocycles. The van der Waals surface area contributed by atoms with E-state index in [4.69, 9.17) is 0 Å². The van der Waals surface area contributed by atoms with Crippen LogP contribution in [0.25, 0.3) is 11.1 Å². The summed E-state index contributed by atoms with van der Waals surface area (Å²) in [5.74, 6) is 0.558. The molecule has 33 heavy (non-hydrogen) atoms. The molecule has 0 spiro atoms. The Kier molecular flexibility index (Phi) is 7.76. The summed E-state index contributed by atoms with van der Waals surface area (Å²) >= 11 is 0. The quantitative estimate of drug-likeness (QED) is 0.362. The molecule has 172 valence electrons. The lowest BCUT2D eigenvalue weighted by Crippen LogP contribution is -2.33. The zero-order valence-electron chi connectivity index (χ0n) is 19.2. The van der Waals surface area contributed by atoms with Crippen molar-refractivity contribution in [3.05, 3.63) is 83.9 Å². The largest absolute Gasteiger partial charge is 0.506 e. The molecule has 1 aliphatic rings. The predicted molar refractivity (Wildman–Crippen MR) is 134 cm³/mol. The van der Waals surface area contributed by atoms with Gasteiger partial charge in [0, 0.05) is 18.2 Å². The molecule has 3 aromatic carbocycles. The summed E-state index contributed by atoms with van der Waals surface area (Å²) in [6.45, 7) is 1.84. The van der Waals surface area contributed by atoms with E-state index in [2.05, 4.69) is 23.0 Å². The molecular weight excluding hydrogens is 410 g/mol. The highest BCUT2D eigenvalue weighted by molar-refractivity contribution is 6.05. The van der Waals surface area contributed by atoms with Crippen molar-refractivity contribution in [3.63, 3.8) is 0 Å². The van der Waals surface area contributed by atoms with Crippen LogP contribution in [0.15, 0.2) is 72.8 Å². The highest BCUT2D eigenvalue weighted by atomic mass is 16.3. The van der Waals surface area contributed by atoms with Crippen molar-refractivity contribution in [2.24, 2.45) is 5.92 Å². The van der Waals surface area contributed by atoms with E-state index < -0.39 is 0 Å². The van der Waals surface area contributed by atoms with Gasteiger partial charge in [-0.1, -0.05) is 48.5 Å². The average molecular weight is 444 g/mol. The van der Waals surface area contributed by atoms with E-state index in [1.165, 1.54) is 25.7 Å². The molecule has 0 unspecified atom stereocenters. The van der Waals surface area contributed by atoms with Crippen molar-refractivity contribution in [1.82, 2.24) is 10.6 Å².